The molecule has 5 heteroatoms. The smallest absolute Gasteiger partial charge is 0.250 e. The maximum absolute atomic E-state index is 12.0. The molecule has 0 aromatic carbocycles. The average Bonchev–Trinajstić information content (AvgIpc) is 2.50. The number of carbonyl (C=O) groups is 1. The molecular formula is C16H25N3O2. The van der Waals surface area contributed by atoms with Crippen molar-refractivity contribution in [3.63, 3.8) is 0 Å². The summed E-state index contributed by atoms with van der Waals surface area (Å²) in [5.74, 6) is 0.640. The van der Waals surface area contributed by atoms with Crippen LogP contribution in [-0.2, 0) is 11.3 Å². The minimum Gasteiger partial charge on any atom is -0.325 e. The largest absolute Gasteiger partial charge is 0.325 e. The lowest BCUT2D eigenvalue weighted by Crippen LogP contribution is -2.30. The summed E-state index contributed by atoms with van der Waals surface area (Å²) in [6.07, 6.45) is 6.50. The van der Waals surface area contributed by atoms with Crippen LogP contribution in [0.5, 0.6) is 0 Å². The molecule has 1 aliphatic rings. The van der Waals surface area contributed by atoms with Crippen molar-refractivity contribution in [3.05, 3.63) is 28.7 Å². The van der Waals surface area contributed by atoms with Crippen molar-refractivity contribution in [3.8, 4) is 0 Å². The van der Waals surface area contributed by atoms with Crippen molar-refractivity contribution in [2.75, 3.05) is 18.4 Å². The highest BCUT2D eigenvalue weighted by molar-refractivity contribution is 5.90. The zero-order valence-electron chi connectivity index (χ0n) is 12.7. The lowest BCUT2D eigenvalue weighted by Gasteiger charge is -2.22. The van der Waals surface area contributed by atoms with Gasteiger partial charge in [0.1, 0.15) is 0 Å². The van der Waals surface area contributed by atoms with Crippen molar-refractivity contribution in [2.45, 2.75) is 45.6 Å². The van der Waals surface area contributed by atoms with Gasteiger partial charge in [-0.2, -0.15) is 0 Å². The van der Waals surface area contributed by atoms with Gasteiger partial charge >= 0.3 is 0 Å². The zero-order chi connectivity index (χ0) is 15.1. The monoisotopic (exact) mass is 291 g/mol. The van der Waals surface area contributed by atoms with E-state index in [1.165, 1.54) is 18.9 Å². The van der Waals surface area contributed by atoms with Crippen molar-refractivity contribution in [1.82, 2.24) is 9.88 Å². The molecule has 0 spiro atoms. The van der Waals surface area contributed by atoms with Gasteiger partial charge in [-0.1, -0.05) is 6.92 Å². The number of aryl methyl sites for hydroxylation is 1. The fourth-order valence-electron chi connectivity index (χ4n) is 2.75. The Hall–Kier alpha value is -1.62. The predicted molar refractivity (Wildman–Crippen MR) is 84.5 cm³/mol. The maximum atomic E-state index is 12.0. The Labute approximate surface area is 125 Å². The molecular weight excluding hydrogens is 266 g/mol. The summed E-state index contributed by atoms with van der Waals surface area (Å²) in [5.41, 5.74) is 0.679. The normalized spacial score (nSPS) is 18.4. The van der Waals surface area contributed by atoms with Gasteiger partial charge in [-0.3, -0.25) is 9.59 Å². The maximum Gasteiger partial charge on any atom is 0.250 e. The third kappa shape index (κ3) is 5.01. The molecule has 2 heterocycles. The summed E-state index contributed by atoms with van der Waals surface area (Å²) in [5, 5.41) is 6.25. The van der Waals surface area contributed by atoms with E-state index < -0.39 is 0 Å². The van der Waals surface area contributed by atoms with Gasteiger partial charge < -0.3 is 15.2 Å². The molecule has 0 saturated carbocycles. The minimum absolute atomic E-state index is 0.0249. The first-order valence-corrected chi connectivity index (χ1v) is 7.90. The highest BCUT2D eigenvalue weighted by Crippen LogP contribution is 2.16. The van der Waals surface area contributed by atoms with Gasteiger partial charge in [0.25, 0.3) is 5.56 Å². The van der Waals surface area contributed by atoms with E-state index in [4.69, 9.17) is 0 Å². The van der Waals surface area contributed by atoms with E-state index in [-0.39, 0.29) is 11.5 Å². The lowest BCUT2D eigenvalue weighted by atomic mass is 9.94. The van der Waals surface area contributed by atoms with Crippen LogP contribution in [0.2, 0.25) is 0 Å². The highest BCUT2D eigenvalue weighted by atomic mass is 16.1. The SMILES string of the molecule is CCCn1cc(NC(=O)CCC2CCCNC2)ccc1=O. The van der Waals surface area contributed by atoms with Gasteiger partial charge in [0.15, 0.2) is 0 Å². The Balaban J connectivity index is 1.84. The summed E-state index contributed by atoms with van der Waals surface area (Å²) in [4.78, 5) is 23.6. The molecule has 0 aliphatic carbocycles. The van der Waals surface area contributed by atoms with E-state index in [0.29, 0.717) is 24.6 Å². The fourth-order valence-corrected chi connectivity index (χ4v) is 2.75. The van der Waals surface area contributed by atoms with Gasteiger partial charge in [-0.25, -0.2) is 0 Å². The van der Waals surface area contributed by atoms with Gasteiger partial charge in [0.05, 0.1) is 5.69 Å². The van der Waals surface area contributed by atoms with Crippen LogP contribution in [0.25, 0.3) is 0 Å². The highest BCUT2D eigenvalue weighted by Gasteiger charge is 2.14. The lowest BCUT2D eigenvalue weighted by molar-refractivity contribution is -0.116. The minimum atomic E-state index is -0.0249. The van der Waals surface area contributed by atoms with E-state index in [2.05, 4.69) is 10.6 Å². The standard InChI is InChI=1S/C16H25N3O2/c1-2-10-19-12-14(6-8-16(19)21)18-15(20)7-5-13-4-3-9-17-11-13/h6,8,12-13,17H,2-5,7,9-11H2,1H3,(H,18,20). The summed E-state index contributed by atoms with van der Waals surface area (Å²) in [7, 11) is 0. The summed E-state index contributed by atoms with van der Waals surface area (Å²) in [6.45, 7) is 4.82. The molecule has 1 aliphatic heterocycles. The molecule has 1 aromatic rings. The number of hydrogen-bond donors (Lipinski definition) is 2. The van der Waals surface area contributed by atoms with Gasteiger partial charge in [-0.05, 0) is 50.8 Å². The van der Waals surface area contributed by atoms with E-state index in [1.54, 1.807) is 16.8 Å². The second kappa shape index (κ2) is 7.98. The third-order valence-corrected chi connectivity index (χ3v) is 3.91. The average molecular weight is 291 g/mol. The molecule has 5 nitrogen and oxygen atoms in total. The van der Waals surface area contributed by atoms with Crippen LogP contribution in [0, 0.1) is 5.92 Å². The molecule has 21 heavy (non-hydrogen) atoms. The number of hydrogen-bond acceptors (Lipinski definition) is 3. The van der Waals surface area contributed by atoms with Crippen LogP contribution in [0.3, 0.4) is 0 Å². The van der Waals surface area contributed by atoms with Crippen LogP contribution in [0.1, 0.15) is 39.0 Å². The van der Waals surface area contributed by atoms with Crippen molar-refractivity contribution < 1.29 is 4.79 Å². The van der Waals surface area contributed by atoms with Gasteiger partial charge in [0.2, 0.25) is 5.91 Å². The number of rotatable bonds is 6. The number of piperidine rings is 1. The summed E-state index contributed by atoms with van der Waals surface area (Å²) >= 11 is 0. The molecule has 1 fully saturated rings. The Kier molecular flexibility index (Phi) is 5.99. The molecule has 0 bridgehead atoms. The van der Waals surface area contributed by atoms with Crippen molar-refractivity contribution in [1.29, 1.82) is 0 Å². The topological polar surface area (TPSA) is 63.1 Å². The number of nitrogens with one attached hydrogen (secondary N) is 2. The number of pyridine rings is 1. The molecule has 116 valence electrons. The Morgan fingerprint density at radius 2 is 2.33 bits per heavy atom. The number of amides is 1. The number of carbonyl (C=O) groups excluding carboxylic acids is 1. The molecule has 1 unspecified atom stereocenters. The summed E-state index contributed by atoms with van der Waals surface area (Å²) in [6, 6.07) is 3.19. The van der Waals surface area contributed by atoms with Crippen molar-refractivity contribution in [2.24, 2.45) is 5.92 Å². The van der Waals surface area contributed by atoms with E-state index in [1.807, 2.05) is 6.92 Å². The van der Waals surface area contributed by atoms with Gasteiger partial charge in [-0.15, -0.1) is 0 Å². The number of anilines is 1. The van der Waals surface area contributed by atoms with Crippen LogP contribution in [-0.4, -0.2) is 23.6 Å². The second-order valence-electron chi connectivity index (χ2n) is 5.75. The third-order valence-electron chi connectivity index (χ3n) is 3.91. The molecule has 1 amide bonds. The second-order valence-corrected chi connectivity index (χ2v) is 5.75. The van der Waals surface area contributed by atoms with E-state index in [9.17, 15) is 9.59 Å². The van der Waals surface area contributed by atoms with Crippen LogP contribution in [0.15, 0.2) is 23.1 Å². The number of nitrogens with zero attached hydrogens (tertiary/aromatic N) is 1. The summed E-state index contributed by atoms with van der Waals surface area (Å²) < 4.78 is 1.64. The first-order valence-electron chi connectivity index (χ1n) is 7.90. The Morgan fingerprint density at radius 3 is 3.05 bits per heavy atom. The van der Waals surface area contributed by atoms with Crippen LogP contribution in [0.4, 0.5) is 5.69 Å². The van der Waals surface area contributed by atoms with Crippen LogP contribution < -0.4 is 16.2 Å². The molecule has 1 aromatic heterocycles. The first kappa shape index (κ1) is 15.8. The first-order chi connectivity index (χ1) is 10.2. The number of aromatic nitrogens is 1. The van der Waals surface area contributed by atoms with Gasteiger partial charge in [0, 0.05) is 25.2 Å². The zero-order valence-corrected chi connectivity index (χ0v) is 12.7. The molecule has 0 radical (unpaired) electrons. The fraction of sp³-hybridized carbons (Fsp3) is 0.625. The van der Waals surface area contributed by atoms with E-state index in [0.717, 1.165) is 25.9 Å². The van der Waals surface area contributed by atoms with Crippen LogP contribution >= 0.6 is 0 Å². The van der Waals surface area contributed by atoms with E-state index >= 15 is 0 Å². The molecule has 2 N–H and O–H groups in total. The molecule has 1 atom stereocenters. The Bertz CT molecular complexity index is 518. The van der Waals surface area contributed by atoms with Crippen molar-refractivity contribution >= 4 is 11.6 Å². The quantitative estimate of drug-likeness (QED) is 0.842. The Morgan fingerprint density at radius 1 is 1.48 bits per heavy atom. The molecule has 2 rings (SSSR count). The predicted octanol–water partition coefficient (Wildman–Crippen LogP) is 1.98. The molecule has 1 saturated heterocycles.